The second-order valence-electron chi connectivity index (χ2n) is 3.29. The van der Waals surface area contributed by atoms with E-state index in [1.165, 1.54) is 7.11 Å². The van der Waals surface area contributed by atoms with Crippen LogP contribution >= 0.6 is 15.9 Å². The summed E-state index contributed by atoms with van der Waals surface area (Å²) in [6.07, 6.45) is 0.392. The zero-order chi connectivity index (χ0) is 12.1. The van der Waals surface area contributed by atoms with Gasteiger partial charge in [-0.15, -0.1) is 0 Å². The summed E-state index contributed by atoms with van der Waals surface area (Å²) >= 11 is 3.34. The molecule has 0 heterocycles. The van der Waals surface area contributed by atoms with Crippen LogP contribution in [-0.2, 0) is 16.0 Å². The summed E-state index contributed by atoms with van der Waals surface area (Å²) in [5, 5.41) is 0. The summed E-state index contributed by atoms with van der Waals surface area (Å²) in [5.41, 5.74) is 6.56. The molecular formula is C11H14BrNO3. The molecule has 0 aromatic heterocycles. The number of ether oxygens (including phenoxy) is 2. The van der Waals surface area contributed by atoms with E-state index in [9.17, 15) is 4.79 Å². The number of methoxy groups -OCH3 is 2. The minimum atomic E-state index is -0.667. The number of rotatable bonds is 4. The minimum Gasteiger partial charge on any atom is -0.496 e. The lowest BCUT2D eigenvalue weighted by molar-refractivity contribution is -0.142. The van der Waals surface area contributed by atoms with Crippen LogP contribution in [0.25, 0.3) is 0 Å². The van der Waals surface area contributed by atoms with Gasteiger partial charge in [-0.2, -0.15) is 0 Å². The van der Waals surface area contributed by atoms with Gasteiger partial charge in [-0.3, -0.25) is 4.79 Å². The molecule has 0 aliphatic carbocycles. The van der Waals surface area contributed by atoms with Crippen LogP contribution in [0.2, 0.25) is 0 Å². The van der Waals surface area contributed by atoms with Crippen molar-refractivity contribution in [2.75, 3.05) is 14.2 Å². The first kappa shape index (κ1) is 13.0. The van der Waals surface area contributed by atoms with Crippen LogP contribution in [0, 0.1) is 0 Å². The zero-order valence-corrected chi connectivity index (χ0v) is 10.8. The van der Waals surface area contributed by atoms with Crippen molar-refractivity contribution in [2.45, 2.75) is 12.5 Å². The average Bonchev–Trinajstić information content (AvgIpc) is 2.30. The number of hydrogen-bond acceptors (Lipinski definition) is 4. The highest BCUT2D eigenvalue weighted by molar-refractivity contribution is 9.10. The highest BCUT2D eigenvalue weighted by Crippen LogP contribution is 2.24. The molecule has 0 spiro atoms. The Morgan fingerprint density at radius 3 is 2.75 bits per heavy atom. The number of benzene rings is 1. The fourth-order valence-electron chi connectivity index (χ4n) is 1.36. The van der Waals surface area contributed by atoms with Gasteiger partial charge < -0.3 is 15.2 Å². The third-order valence-corrected chi connectivity index (χ3v) is 2.69. The SMILES string of the molecule is COC(=O)C(N)Cc1ccc(Br)cc1OC. The van der Waals surface area contributed by atoms with Crippen LogP contribution < -0.4 is 10.5 Å². The fraction of sp³-hybridized carbons (Fsp3) is 0.364. The van der Waals surface area contributed by atoms with Crippen molar-refractivity contribution in [3.63, 3.8) is 0 Å². The highest BCUT2D eigenvalue weighted by Gasteiger charge is 2.16. The average molecular weight is 288 g/mol. The second-order valence-corrected chi connectivity index (χ2v) is 4.21. The lowest BCUT2D eigenvalue weighted by Crippen LogP contribution is -2.33. The van der Waals surface area contributed by atoms with E-state index < -0.39 is 12.0 Å². The van der Waals surface area contributed by atoms with Crippen LogP contribution in [0.4, 0.5) is 0 Å². The highest BCUT2D eigenvalue weighted by atomic mass is 79.9. The van der Waals surface area contributed by atoms with Crippen LogP contribution in [0.15, 0.2) is 22.7 Å². The summed E-state index contributed by atoms with van der Waals surface area (Å²) in [6, 6.07) is 4.91. The molecule has 0 saturated carbocycles. The molecule has 0 fully saturated rings. The van der Waals surface area contributed by atoms with E-state index in [1.807, 2.05) is 18.2 Å². The molecule has 1 unspecified atom stereocenters. The van der Waals surface area contributed by atoms with E-state index in [1.54, 1.807) is 7.11 Å². The van der Waals surface area contributed by atoms with E-state index in [0.29, 0.717) is 12.2 Å². The van der Waals surface area contributed by atoms with Gasteiger partial charge in [-0.1, -0.05) is 22.0 Å². The van der Waals surface area contributed by atoms with Crippen molar-refractivity contribution in [3.05, 3.63) is 28.2 Å². The lowest BCUT2D eigenvalue weighted by atomic mass is 10.1. The van der Waals surface area contributed by atoms with E-state index in [0.717, 1.165) is 10.0 Å². The summed E-state index contributed by atoms with van der Waals surface area (Å²) in [6.45, 7) is 0. The molecule has 1 rings (SSSR count). The fourth-order valence-corrected chi connectivity index (χ4v) is 1.70. The molecule has 0 bridgehead atoms. The molecule has 1 aromatic rings. The maximum Gasteiger partial charge on any atom is 0.322 e. The Labute approximate surface area is 103 Å². The van der Waals surface area contributed by atoms with Crippen molar-refractivity contribution >= 4 is 21.9 Å². The smallest absolute Gasteiger partial charge is 0.322 e. The van der Waals surface area contributed by atoms with Crippen LogP contribution in [-0.4, -0.2) is 26.2 Å². The maximum atomic E-state index is 11.2. The van der Waals surface area contributed by atoms with E-state index in [4.69, 9.17) is 10.5 Å². The Hall–Kier alpha value is -1.07. The monoisotopic (exact) mass is 287 g/mol. The standard InChI is InChI=1S/C11H14BrNO3/c1-15-10-6-8(12)4-3-7(10)5-9(13)11(14)16-2/h3-4,6,9H,5,13H2,1-2H3. The Bertz CT molecular complexity index is 381. The number of hydrogen-bond donors (Lipinski definition) is 1. The molecule has 0 aliphatic heterocycles. The summed E-state index contributed by atoms with van der Waals surface area (Å²) < 4.78 is 10.7. The van der Waals surface area contributed by atoms with Crippen molar-refractivity contribution in [3.8, 4) is 5.75 Å². The third-order valence-electron chi connectivity index (χ3n) is 2.19. The number of nitrogens with two attached hydrogens (primary N) is 1. The molecule has 88 valence electrons. The number of esters is 1. The molecule has 1 aromatic carbocycles. The Morgan fingerprint density at radius 2 is 2.19 bits per heavy atom. The van der Waals surface area contributed by atoms with Crippen molar-refractivity contribution in [1.82, 2.24) is 0 Å². The van der Waals surface area contributed by atoms with Crippen molar-refractivity contribution in [1.29, 1.82) is 0 Å². The molecule has 1 atom stereocenters. The maximum absolute atomic E-state index is 11.2. The topological polar surface area (TPSA) is 61.5 Å². The van der Waals surface area contributed by atoms with Gasteiger partial charge in [0, 0.05) is 10.9 Å². The normalized spacial score (nSPS) is 12.0. The Balaban J connectivity index is 2.84. The van der Waals surface area contributed by atoms with Crippen molar-refractivity contribution < 1.29 is 14.3 Å². The van der Waals surface area contributed by atoms with E-state index >= 15 is 0 Å². The first-order valence-electron chi connectivity index (χ1n) is 4.74. The second kappa shape index (κ2) is 5.86. The summed E-state index contributed by atoms with van der Waals surface area (Å²) in [5.74, 6) is 0.277. The molecule has 5 heteroatoms. The molecular weight excluding hydrogens is 274 g/mol. The zero-order valence-electron chi connectivity index (χ0n) is 9.20. The molecule has 0 radical (unpaired) electrons. The van der Waals surface area contributed by atoms with Crippen LogP contribution in [0.3, 0.4) is 0 Å². The first-order valence-corrected chi connectivity index (χ1v) is 5.53. The lowest BCUT2D eigenvalue weighted by Gasteiger charge is -2.12. The molecule has 0 saturated heterocycles. The van der Waals surface area contributed by atoms with Gasteiger partial charge >= 0.3 is 5.97 Å². The molecule has 16 heavy (non-hydrogen) atoms. The third kappa shape index (κ3) is 3.21. The van der Waals surface area contributed by atoms with Gasteiger partial charge in [0.15, 0.2) is 0 Å². The van der Waals surface area contributed by atoms with E-state index in [-0.39, 0.29) is 0 Å². The van der Waals surface area contributed by atoms with Crippen LogP contribution in [0.5, 0.6) is 5.75 Å². The molecule has 0 aliphatic rings. The van der Waals surface area contributed by atoms with Gasteiger partial charge in [0.25, 0.3) is 0 Å². The van der Waals surface area contributed by atoms with Gasteiger partial charge in [0.05, 0.1) is 14.2 Å². The summed E-state index contributed by atoms with van der Waals surface area (Å²) in [4.78, 5) is 11.2. The van der Waals surface area contributed by atoms with Crippen molar-refractivity contribution in [2.24, 2.45) is 5.73 Å². The summed E-state index contributed by atoms with van der Waals surface area (Å²) in [7, 11) is 2.90. The van der Waals surface area contributed by atoms with Gasteiger partial charge in [-0.05, 0) is 17.7 Å². The Kier molecular flexibility index (Phi) is 4.76. The first-order chi connectivity index (χ1) is 7.58. The van der Waals surface area contributed by atoms with Crippen LogP contribution in [0.1, 0.15) is 5.56 Å². The van der Waals surface area contributed by atoms with Gasteiger partial charge in [0.2, 0.25) is 0 Å². The largest absolute Gasteiger partial charge is 0.496 e. The number of halogens is 1. The van der Waals surface area contributed by atoms with Gasteiger partial charge in [0.1, 0.15) is 11.8 Å². The number of carbonyl (C=O) groups excluding carboxylic acids is 1. The minimum absolute atomic E-state index is 0.392. The molecule has 4 nitrogen and oxygen atoms in total. The predicted molar refractivity (Wildman–Crippen MR) is 64.4 cm³/mol. The van der Waals surface area contributed by atoms with E-state index in [2.05, 4.69) is 20.7 Å². The number of carbonyl (C=O) groups is 1. The quantitative estimate of drug-likeness (QED) is 0.853. The molecule has 0 amide bonds. The van der Waals surface area contributed by atoms with Gasteiger partial charge in [-0.25, -0.2) is 0 Å². The Morgan fingerprint density at radius 1 is 1.50 bits per heavy atom. The predicted octanol–water partition coefficient (Wildman–Crippen LogP) is 1.50. The molecule has 2 N–H and O–H groups in total.